The molecule has 1 unspecified atom stereocenters. The Bertz CT molecular complexity index is 354. The molecule has 0 bridgehead atoms. The lowest BCUT2D eigenvalue weighted by atomic mass is 9.89. The molecule has 1 saturated carbocycles. The second-order valence-corrected chi connectivity index (χ2v) is 5.73. The third-order valence-corrected chi connectivity index (χ3v) is 4.19. The van der Waals surface area contributed by atoms with E-state index in [2.05, 4.69) is 36.6 Å². The Balaban J connectivity index is 1.99. The molecule has 3 N–H and O–H groups in total. The lowest BCUT2D eigenvalue weighted by Crippen LogP contribution is -2.29. The zero-order valence-corrected chi connectivity index (χ0v) is 11.5. The number of aryl methyl sites for hydroxylation is 1. The fourth-order valence-electron chi connectivity index (χ4n) is 3.12. The summed E-state index contributed by atoms with van der Waals surface area (Å²) in [5, 5.41) is 0. The summed E-state index contributed by atoms with van der Waals surface area (Å²) in [5.41, 5.74) is 5.66. The van der Waals surface area contributed by atoms with Crippen LogP contribution in [0.4, 0.5) is 0 Å². The Hall–Kier alpha value is -0.860. The molecule has 1 aromatic carbocycles. The lowest BCUT2D eigenvalue weighted by Gasteiger charge is -2.22. The van der Waals surface area contributed by atoms with Gasteiger partial charge >= 0.3 is 0 Å². The summed E-state index contributed by atoms with van der Waals surface area (Å²) in [6.45, 7) is 2.14. The standard InChI is InChI=1S/C16H26N2/c1-13-7-6-10-15(11-13)16(18-17)12-14-8-4-2-3-5-9-14/h6-7,10-11,14,16,18H,2-5,8-9,12,17H2,1H3. The van der Waals surface area contributed by atoms with Gasteiger partial charge in [-0.05, 0) is 24.8 Å². The fraction of sp³-hybridized carbons (Fsp3) is 0.625. The Morgan fingerprint density at radius 2 is 1.94 bits per heavy atom. The minimum Gasteiger partial charge on any atom is -0.271 e. The molecule has 1 aromatic rings. The molecule has 1 aliphatic carbocycles. The average Bonchev–Trinajstić information content (AvgIpc) is 2.64. The molecule has 0 radical (unpaired) electrons. The molecule has 0 spiro atoms. The van der Waals surface area contributed by atoms with Crippen LogP contribution in [0.5, 0.6) is 0 Å². The third kappa shape index (κ3) is 3.82. The van der Waals surface area contributed by atoms with Crippen molar-refractivity contribution in [3.05, 3.63) is 35.4 Å². The second-order valence-electron chi connectivity index (χ2n) is 5.73. The van der Waals surface area contributed by atoms with E-state index >= 15 is 0 Å². The zero-order valence-electron chi connectivity index (χ0n) is 11.5. The highest BCUT2D eigenvalue weighted by Gasteiger charge is 2.18. The highest BCUT2D eigenvalue weighted by atomic mass is 15.2. The van der Waals surface area contributed by atoms with Crippen molar-refractivity contribution in [2.24, 2.45) is 11.8 Å². The fourth-order valence-corrected chi connectivity index (χ4v) is 3.12. The molecular formula is C16H26N2. The number of hydrogen-bond acceptors (Lipinski definition) is 2. The normalized spacial score (nSPS) is 19.4. The van der Waals surface area contributed by atoms with Crippen molar-refractivity contribution in [1.29, 1.82) is 0 Å². The molecule has 2 rings (SSSR count). The summed E-state index contributed by atoms with van der Waals surface area (Å²) in [4.78, 5) is 0. The number of nitrogens with two attached hydrogens (primary N) is 1. The van der Waals surface area contributed by atoms with E-state index in [0.717, 1.165) is 5.92 Å². The van der Waals surface area contributed by atoms with E-state index in [1.54, 1.807) is 0 Å². The van der Waals surface area contributed by atoms with E-state index in [-0.39, 0.29) is 0 Å². The Morgan fingerprint density at radius 3 is 2.56 bits per heavy atom. The summed E-state index contributed by atoms with van der Waals surface area (Å²) >= 11 is 0. The van der Waals surface area contributed by atoms with Gasteiger partial charge in [-0.25, -0.2) is 0 Å². The number of hydrogen-bond donors (Lipinski definition) is 2. The van der Waals surface area contributed by atoms with Gasteiger partial charge in [-0.1, -0.05) is 68.4 Å². The molecule has 18 heavy (non-hydrogen) atoms. The molecule has 0 amide bonds. The first-order valence-electron chi connectivity index (χ1n) is 7.32. The summed E-state index contributed by atoms with van der Waals surface area (Å²) in [5.74, 6) is 6.60. The van der Waals surface area contributed by atoms with Crippen LogP contribution in [0.3, 0.4) is 0 Å². The smallest absolute Gasteiger partial charge is 0.0462 e. The Morgan fingerprint density at radius 1 is 1.22 bits per heavy atom. The van der Waals surface area contributed by atoms with Gasteiger partial charge in [0, 0.05) is 6.04 Å². The molecule has 0 aromatic heterocycles. The van der Waals surface area contributed by atoms with Crippen LogP contribution in [0.25, 0.3) is 0 Å². The van der Waals surface area contributed by atoms with Crippen LogP contribution in [0.1, 0.15) is 62.1 Å². The van der Waals surface area contributed by atoms with E-state index in [1.807, 2.05) is 0 Å². The van der Waals surface area contributed by atoms with Crippen molar-refractivity contribution in [1.82, 2.24) is 5.43 Å². The van der Waals surface area contributed by atoms with Crippen molar-refractivity contribution in [2.75, 3.05) is 0 Å². The van der Waals surface area contributed by atoms with Crippen LogP contribution in [0.2, 0.25) is 0 Å². The largest absolute Gasteiger partial charge is 0.271 e. The van der Waals surface area contributed by atoms with Gasteiger partial charge in [0.1, 0.15) is 0 Å². The predicted octanol–water partition coefficient (Wildman–Crippen LogP) is 3.86. The highest BCUT2D eigenvalue weighted by Crippen LogP contribution is 2.30. The number of benzene rings is 1. The van der Waals surface area contributed by atoms with Gasteiger partial charge in [-0.3, -0.25) is 11.3 Å². The van der Waals surface area contributed by atoms with Gasteiger partial charge < -0.3 is 0 Å². The highest BCUT2D eigenvalue weighted by molar-refractivity contribution is 5.25. The van der Waals surface area contributed by atoms with Gasteiger partial charge in [-0.2, -0.15) is 0 Å². The first-order chi connectivity index (χ1) is 8.79. The molecule has 100 valence electrons. The van der Waals surface area contributed by atoms with Crippen LogP contribution >= 0.6 is 0 Å². The van der Waals surface area contributed by atoms with Gasteiger partial charge in [0.25, 0.3) is 0 Å². The minimum atomic E-state index is 0.313. The quantitative estimate of drug-likeness (QED) is 0.481. The van der Waals surface area contributed by atoms with Crippen molar-refractivity contribution in [3.8, 4) is 0 Å². The first kappa shape index (κ1) is 13.6. The predicted molar refractivity (Wildman–Crippen MR) is 77.1 cm³/mol. The molecule has 0 heterocycles. The maximum absolute atomic E-state index is 5.76. The van der Waals surface area contributed by atoms with Gasteiger partial charge in [0.05, 0.1) is 0 Å². The topological polar surface area (TPSA) is 38.0 Å². The molecule has 1 atom stereocenters. The maximum atomic E-state index is 5.76. The van der Waals surface area contributed by atoms with Crippen LogP contribution in [0.15, 0.2) is 24.3 Å². The average molecular weight is 246 g/mol. The molecule has 2 heteroatoms. The van der Waals surface area contributed by atoms with E-state index in [9.17, 15) is 0 Å². The van der Waals surface area contributed by atoms with E-state index in [0.29, 0.717) is 6.04 Å². The maximum Gasteiger partial charge on any atom is 0.0462 e. The summed E-state index contributed by atoms with van der Waals surface area (Å²) in [6, 6.07) is 9.02. The van der Waals surface area contributed by atoms with Crippen LogP contribution in [-0.4, -0.2) is 0 Å². The van der Waals surface area contributed by atoms with Crippen molar-refractivity contribution >= 4 is 0 Å². The monoisotopic (exact) mass is 246 g/mol. The van der Waals surface area contributed by atoms with Crippen LogP contribution in [-0.2, 0) is 0 Å². The summed E-state index contributed by atoms with van der Waals surface area (Å²) < 4.78 is 0. The van der Waals surface area contributed by atoms with E-state index < -0.39 is 0 Å². The van der Waals surface area contributed by atoms with Crippen molar-refractivity contribution in [3.63, 3.8) is 0 Å². The lowest BCUT2D eigenvalue weighted by molar-refractivity contribution is 0.359. The molecule has 2 nitrogen and oxygen atoms in total. The van der Waals surface area contributed by atoms with Crippen LogP contribution in [0, 0.1) is 12.8 Å². The van der Waals surface area contributed by atoms with Crippen LogP contribution < -0.4 is 11.3 Å². The second kappa shape index (κ2) is 6.91. The Kier molecular flexibility index (Phi) is 5.21. The number of hydrazine groups is 1. The van der Waals surface area contributed by atoms with Gasteiger partial charge in [0.2, 0.25) is 0 Å². The van der Waals surface area contributed by atoms with Gasteiger partial charge in [-0.15, -0.1) is 0 Å². The first-order valence-corrected chi connectivity index (χ1v) is 7.32. The number of rotatable bonds is 4. The molecule has 0 saturated heterocycles. The van der Waals surface area contributed by atoms with E-state index in [1.165, 1.54) is 56.1 Å². The van der Waals surface area contributed by atoms with E-state index in [4.69, 9.17) is 5.84 Å². The Labute approximate surface area is 111 Å². The minimum absolute atomic E-state index is 0.313. The van der Waals surface area contributed by atoms with Crippen molar-refractivity contribution < 1.29 is 0 Å². The van der Waals surface area contributed by atoms with Crippen molar-refractivity contribution in [2.45, 2.75) is 57.9 Å². The summed E-state index contributed by atoms with van der Waals surface area (Å²) in [7, 11) is 0. The molecular weight excluding hydrogens is 220 g/mol. The number of nitrogens with one attached hydrogen (secondary N) is 1. The molecule has 1 fully saturated rings. The summed E-state index contributed by atoms with van der Waals surface area (Å²) in [6.07, 6.45) is 9.57. The molecule has 1 aliphatic rings. The zero-order chi connectivity index (χ0) is 12.8. The molecule has 0 aliphatic heterocycles. The third-order valence-electron chi connectivity index (χ3n) is 4.19. The van der Waals surface area contributed by atoms with Gasteiger partial charge in [0.15, 0.2) is 0 Å². The SMILES string of the molecule is Cc1cccc(C(CC2CCCCCC2)NN)c1.